The SMILES string of the molecule is COc1c([C@@H]2C[C@]3(C[C@H]2C(=O)O)CC3(F)F)ccc(F)c1F. The standard InChI is InChI=1S/C15H14F4O3/c1-22-12-7(2-3-10(16)11(12)17)8-4-14(6-15(14,18)19)5-9(8)13(20)21/h2-3,8-9H,4-6H2,1H3,(H,20,21)/t8-,9+,14-/m0/s1. The van der Waals surface area contributed by atoms with Crippen LogP contribution in [-0.2, 0) is 4.79 Å². The first-order valence-electron chi connectivity index (χ1n) is 6.85. The van der Waals surface area contributed by atoms with E-state index in [0.717, 1.165) is 13.2 Å². The van der Waals surface area contributed by atoms with E-state index in [4.69, 9.17) is 4.74 Å². The van der Waals surface area contributed by atoms with Crippen LogP contribution in [-0.4, -0.2) is 24.1 Å². The van der Waals surface area contributed by atoms with E-state index in [9.17, 15) is 27.5 Å². The molecule has 1 aromatic rings. The van der Waals surface area contributed by atoms with Crippen LogP contribution in [0.15, 0.2) is 12.1 Å². The van der Waals surface area contributed by atoms with Gasteiger partial charge in [-0.1, -0.05) is 6.07 Å². The Bertz CT molecular complexity index is 646. The minimum atomic E-state index is -2.89. The molecular formula is C15H14F4O3. The maximum atomic E-state index is 13.8. The number of benzene rings is 1. The van der Waals surface area contributed by atoms with E-state index in [1.807, 2.05) is 0 Å². The number of carboxylic acid groups (broad SMARTS) is 1. The summed E-state index contributed by atoms with van der Waals surface area (Å²) < 4.78 is 59.1. The molecule has 3 atom stereocenters. The lowest BCUT2D eigenvalue weighted by Gasteiger charge is -2.19. The van der Waals surface area contributed by atoms with Crippen molar-refractivity contribution in [3.05, 3.63) is 29.3 Å². The number of halogens is 4. The smallest absolute Gasteiger partial charge is 0.307 e. The topological polar surface area (TPSA) is 46.5 Å². The average molecular weight is 318 g/mol. The number of alkyl halides is 2. The summed E-state index contributed by atoms with van der Waals surface area (Å²) in [5.74, 6) is -8.75. The lowest BCUT2D eigenvalue weighted by molar-refractivity contribution is -0.142. The molecule has 2 fully saturated rings. The Labute approximate surface area is 123 Å². The second kappa shape index (κ2) is 4.60. The monoisotopic (exact) mass is 318 g/mol. The molecule has 0 aromatic heterocycles. The van der Waals surface area contributed by atoms with Crippen LogP contribution in [0.3, 0.4) is 0 Å². The van der Waals surface area contributed by atoms with E-state index in [-0.39, 0.29) is 24.8 Å². The van der Waals surface area contributed by atoms with Crippen molar-refractivity contribution in [3.8, 4) is 5.75 Å². The Hall–Kier alpha value is -1.79. The van der Waals surface area contributed by atoms with Gasteiger partial charge in [0.05, 0.1) is 13.0 Å². The van der Waals surface area contributed by atoms with E-state index in [2.05, 4.69) is 0 Å². The molecule has 1 N–H and O–H groups in total. The highest BCUT2D eigenvalue weighted by Crippen LogP contribution is 2.72. The van der Waals surface area contributed by atoms with Crippen molar-refractivity contribution in [2.45, 2.75) is 31.1 Å². The summed E-state index contributed by atoms with van der Waals surface area (Å²) in [7, 11) is 1.13. The molecule has 0 heterocycles. The van der Waals surface area contributed by atoms with Crippen LogP contribution in [0.5, 0.6) is 5.75 Å². The van der Waals surface area contributed by atoms with Crippen LogP contribution in [0.2, 0.25) is 0 Å². The largest absolute Gasteiger partial charge is 0.493 e. The van der Waals surface area contributed by atoms with Crippen molar-refractivity contribution in [1.82, 2.24) is 0 Å². The number of hydrogen-bond acceptors (Lipinski definition) is 2. The van der Waals surface area contributed by atoms with Crippen molar-refractivity contribution in [2.75, 3.05) is 7.11 Å². The fraction of sp³-hybridized carbons (Fsp3) is 0.533. The van der Waals surface area contributed by atoms with Gasteiger partial charge in [-0.05, 0) is 18.9 Å². The summed E-state index contributed by atoms with van der Waals surface area (Å²) in [5, 5.41) is 9.31. The highest BCUT2D eigenvalue weighted by Gasteiger charge is 2.75. The van der Waals surface area contributed by atoms with Crippen LogP contribution < -0.4 is 4.74 Å². The summed E-state index contributed by atoms with van der Waals surface area (Å²) in [6.45, 7) is 0. The molecule has 0 saturated heterocycles. The summed E-state index contributed by atoms with van der Waals surface area (Å²) >= 11 is 0. The molecule has 120 valence electrons. The molecule has 22 heavy (non-hydrogen) atoms. The first kappa shape index (κ1) is 15.1. The van der Waals surface area contributed by atoms with Gasteiger partial charge in [0.2, 0.25) is 5.82 Å². The summed E-state index contributed by atoms with van der Waals surface area (Å²) in [6, 6.07) is 2.08. The number of methoxy groups -OCH3 is 1. The van der Waals surface area contributed by atoms with E-state index >= 15 is 0 Å². The quantitative estimate of drug-likeness (QED) is 0.867. The summed E-state index contributed by atoms with van der Waals surface area (Å²) in [4.78, 5) is 11.4. The minimum Gasteiger partial charge on any atom is -0.493 e. The third-order valence-corrected chi connectivity index (χ3v) is 4.92. The Morgan fingerprint density at radius 2 is 1.95 bits per heavy atom. The third-order valence-electron chi connectivity index (χ3n) is 4.92. The fourth-order valence-corrected chi connectivity index (χ4v) is 3.67. The lowest BCUT2D eigenvalue weighted by Crippen LogP contribution is -2.18. The Morgan fingerprint density at radius 3 is 2.45 bits per heavy atom. The highest BCUT2D eigenvalue weighted by molar-refractivity contribution is 5.73. The van der Waals surface area contributed by atoms with Gasteiger partial charge in [0.15, 0.2) is 11.6 Å². The zero-order chi connectivity index (χ0) is 16.3. The van der Waals surface area contributed by atoms with Crippen LogP contribution in [0.25, 0.3) is 0 Å². The van der Waals surface area contributed by atoms with Crippen LogP contribution in [0, 0.1) is 23.0 Å². The Balaban J connectivity index is 2.03. The number of hydrogen-bond donors (Lipinski definition) is 1. The van der Waals surface area contributed by atoms with Gasteiger partial charge in [0.1, 0.15) is 0 Å². The molecule has 0 bridgehead atoms. The molecule has 2 saturated carbocycles. The van der Waals surface area contributed by atoms with Crippen molar-refractivity contribution in [2.24, 2.45) is 11.3 Å². The molecule has 3 nitrogen and oxygen atoms in total. The molecule has 0 amide bonds. The molecule has 2 aliphatic rings. The van der Waals surface area contributed by atoms with Crippen molar-refractivity contribution in [1.29, 1.82) is 0 Å². The first-order chi connectivity index (χ1) is 10.2. The number of aliphatic carboxylic acids is 1. The van der Waals surface area contributed by atoms with Crippen molar-refractivity contribution >= 4 is 5.97 Å². The fourth-order valence-electron chi connectivity index (χ4n) is 3.67. The Morgan fingerprint density at radius 1 is 1.32 bits per heavy atom. The number of rotatable bonds is 3. The first-order valence-corrected chi connectivity index (χ1v) is 6.85. The lowest BCUT2D eigenvalue weighted by atomic mass is 9.88. The molecule has 0 aliphatic heterocycles. The van der Waals surface area contributed by atoms with Gasteiger partial charge in [0.25, 0.3) is 5.92 Å². The van der Waals surface area contributed by atoms with Gasteiger partial charge < -0.3 is 9.84 Å². The maximum Gasteiger partial charge on any atom is 0.307 e. The highest BCUT2D eigenvalue weighted by atomic mass is 19.3. The van der Waals surface area contributed by atoms with E-state index in [1.54, 1.807) is 0 Å². The van der Waals surface area contributed by atoms with Gasteiger partial charge in [-0.25, -0.2) is 13.2 Å². The van der Waals surface area contributed by atoms with Crippen molar-refractivity contribution in [3.63, 3.8) is 0 Å². The van der Waals surface area contributed by atoms with E-state index < -0.39 is 46.5 Å². The molecule has 3 rings (SSSR count). The Kier molecular flexibility index (Phi) is 3.16. The van der Waals surface area contributed by atoms with Gasteiger partial charge in [0, 0.05) is 23.3 Å². The van der Waals surface area contributed by atoms with E-state index in [0.29, 0.717) is 0 Å². The molecule has 0 radical (unpaired) electrons. The van der Waals surface area contributed by atoms with Gasteiger partial charge in [-0.15, -0.1) is 0 Å². The van der Waals surface area contributed by atoms with Crippen LogP contribution >= 0.6 is 0 Å². The zero-order valence-electron chi connectivity index (χ0n) is 11.7. The normalized spacial score (nSPS) is 32.2. The minimum absolute atomic E-state index is 0.0710. The van der Waals surface area contributed by atoms with Crippen LogP contribution in [0.4, 0.5) is 17.6 Å². The number of carboxylic acids is 1. The molecule has 1 spiro atoms. The van der Waals surface area contributed by atoms with Gasteiger partial charge in [-0.3, -0.25) is 4.79 Å². The predicted octanol–water partition coefficient (Wildman–Crippen LogP) is 3.58. The number of ether oxygens (including phenoxy) is 1. The summed E-state index contributed by atoms with van der Waals surface area (Å²) in [5.41, 5.74) is -1.20. The summed E-state index contributed by atoms with van der Waals surface area (Å²) in [6.07, 6.45) is -0.590. The molecule has 0 unspecified atom stereocenters. The predicted molar refractivity (Wildman–Crippen MR) is 68.0 cm³/mol. The molecule has 1 aromatic carbocycles. The van der Waals surface area contributed by atoms with Gasteiger partial charge >= 0.3 is 5.97 Å². The van der Waals surface area contributed by atoms with Gasteiger partial charge in [-0.2, -0.15) is 4.39 Å². The zero-order valence-corrected chi connectivity index (χ0v) is 11.7. The van der Waals surface area contributed by atoms with E-state index in [1.165, 1.54) is 6.07 Å². The molecular weight excluding hydrogens is 304 g/mol. The van der Waals surface area contributed by atoms with Crippen molar-refractivity contribution < 1.29 is 32.2 Å². The maximum absolute atomic E-state index is 13.8. The second-order valence-electron chi connectivity index (χ2n) is 6.10. The second-order valence-corrected chi connectivity index (χ2v) is 6.10. The molecule has 2 aliphatic carbocycles. The van der Waals surface area contributed by atoms with Crippen LogP contribution in [0.1, 0.15) is 30.7 Å². The third kappa shape index (κ3) is 1.98. The molecule has 7 heteroatoms. The average Bonchev–Trinajstić information content (AvgIpc) is 2.80. The number of carbonyl (C=O) groups is 1.